The number of amides is 2. The molecule has 1 aromatic heterocycles. The number of anilines is 1. The highest BCUT2D eigenvalue weighted by atomic mass is 32.2. The van der Waals surface area contributed by atoms with Gasteiger partial charge in [-0.25, -0.2) is 12.7 Å². The van der Waals surface area contributed by atoms with Crippen LogP contribution in [0.25, 0.3) is 0 Å². The van der Waals surface area contributed by atoms with E-state index < -0.39 is 21.8 Å². The highest BCUT2D eigenvalue weighted by Gasteiger charge is 2.40. The topological polar surface area (TPSA) is 110 Å². The molecule has 0 bridgehead atoms. The Balaban J connectivity index is 1.69. The Morgan fingerprint density at radius 3 is 2.68 bits per heavy atom. The molecular weight excluding hydrogens is 346 g/mol. The van der Waals surface area contributed by atoms with Crippen LogP contribution in [0.15, 0.2) is 33.7 Å². The van der Waals surface area contributed by atoms with Crippen LogP contribution in [0.3, 0.4) is 0 Å². The second kappa shape index (κ2) is 6.32. The third-order valence-electron chi connectivity index (χ3n) is 4.06. The number of hydrogen-bond donors (Lipinski definition) is 1. The van der Waals surface area contributed by atoms with E-state index >= 15 is 0 Å². The molecule has 9 heteroatoms. The summed E-state index contributed by atoms with van der Waals surface area (Å²) in [6.45, 7) is 3.45. The molecule has 0 saturated carbocycles. The normalized spacial score (nSPS) is 15.3. The number of rotatable bonds is 5. The summed E-state index contributed by atoms with van der Waals surface area (Å²) in [6, 6.07) is 5.99. The van der Waals surface area contributed by atoms with Gasteiger partial charge in [0.25, 0.3) is 15.9 Å². The van der Waals surface area contributed by atoms with Crippen molar-refractivity contribution < 1.29 is 22.5 Å². The number of aromatic nitrogens is 1. The van der Waals surface area contributed by atoms with Gasteiger partial charge in [0.15, 0.2) is 0 Å². The van der Waals surface area contributed by atoms with Gasteiger partial charge in [0.2, 0.25) is 11.8 Å². The zero-order valence-electron chi connectivity index (χ0n) is 13.8. The van der Waals surface area contributed by atoms with Crippen LogP contribution < -0.4 is 5.32 Å². The van der Waals surface area contributed by atoms with Gasteiger partial charge in [-0.1, -0.05) is 24.2 Å². The second-order valence-corrected chi connectivity index (χ2v) is 7.44. The number of hydrogen-bond acceptors (Lipinski definition) is 6. The van der Waals surface area contributed by atoms with Crippen molar-refractivity contribution in [1.29, 1.82) is 0 Å². The van der Waals surface area contributed by atoms with E-state index in [0.29, 0.717) is 6.42 Å². The van der Waals surface area contributed by atoms with Crippen LogP contribution in [-0.2, 0) is 21.2 Å². The third kappa shape index (κ3) is 2.91. The van der Waals surface area contributed by atoms with Crippen molar-refractivity contribution in [2.45, 2.75) is 31.6 Å². The van der Waals surface area contributed by atoms with Crippen LogP contribution >= 0.6 is 0 Å². The molecule has 0 radical (unpaired) electrons. The molecule has 1 aromatic carbocycles. The number of benzene rings is 1. The summed E-state index contributed by atoms with van der Waals surface area (Å²) >= 11 is 0. The minimum absolute atomic E-state index is 0.0286. The standard InChI is InChI=1S/C16H17N3O5S/c1-3-12-10(2)15(24-18-12)17-14(20)8-9-19-16(21)11-6-4-5-7-13(11)25(19,22)23/h4-7H,3,8-9H2,1-2H3,(H,17,20). The van der Waals surface area contributed by atoms with E-state index in [-0.39, 0.29) is 29.3 Å². The molecule has 2 amide bonds. The molecule has 2 heterocycles. The lowest BCUT2D eigenvalue weighted by molar-refractivity contribution is -0.116. The summed E-state index contributed by atoms with van der Waals surface area (Å²) in [5.74, 6) is -0.839. The van der Waals surface area contributed by atoms with Crippen molar-refractivity contribution in [2.75, 3.05) is 11.9 Å². The Labute approximate surface area is 144 Å². The van der Waals surface area contributed by atoms with Gasteiger partial charge in [-0.3, -0.25) is 14.9 Å². The molecule has 0 saturated heterocycles. The maximum Gasteiger partial charge on any atom is 0.269 e. The molecule has 0 atom stereocenters. The lowest BCUT2D eigenvalue weighted by atomic mass is 10.2. The smallest absolute Gasteiger partial charge is 0.269 e. The summed E-state index contributed by atoms with van der Waals surface area (Å²) in [5, 5.41) is 6.39. The van der Waals surface area contributed by atoms with E-state index in [0.717, 1.165) is 15.6 Å². The first-order chi connectivity index (χ1) is 11.9. The van der Waals surface area contributed by atoms with Crippen LogP contribution in [0.4, 0.5) is 5.88 Å². The zero-order chi connectivity index (χ0) is 18.2. The van der Waals surface area contributed by atoms with Crippen LogP contribution in [-0.4, -0.2) is 36.2 Å². The Hall–Kier alpha value is -2.68. The fourth-order valence-electron chi connectivity index (χ4n) is 2.66. The van der Waals surface area contributed by atoms with Gasteiger partial charge in [0.05, 0.1) is 11.3 Å². The van der Waals surface area contributed by atoms with E-state index in [1.807, 2.05) is 6.92 Å². The van der Waals surface area contributed by atoms with Crippen molar-refractivity contribution in [2.24, 2.45) is 0 Å². The van der Waals surface area contributed by atoms with Crippen molar-refractivity contribution in [3.63, 3.8) is 0 Å². The van der Waals surface area contributed by atoms with Gasteiger partial charge in [0.1, 0.15) is 4.90 Å². The van der Waals surface area contributed by atoms with E-state index in [9.17, 15) is 18.0 Å². The quantitative estimate of drug-likeness (QED) is 0.866. The highest BCUT2D eigenvalue weighted by Crippen LogP contribution is 2.30. The summed E-state index contributed by atoms with van der Waals surface area (Å²) in [4.78, 5) is 24.3. The molecule has 1 aliphatic heterocycles. The fraction of sp³-hybridized carbons (Fsp3) is 0.312. The predicted octanol–water partition coefficient (Wildman–Crippen LogP) is 1.72. The number of nitrogens with zero attached hydrogens (tertiary/aromatic N) is 2. The monoisotopic (exact) mass is 363 g/mol. The van der Waals surface area contributed by atoms with E-state index in [2.05, 4.69) is 10.5 Å². The van der Waals surface area contributed by atoms with Gasteiger partial charge in [0, 0.05) is 18.5 Å². The molecule has 25 heavy (non-hydrogen) atoms. The van der Waals surface area contributed by atoms with Crippen LogP contribution in [0.5, 0.6) is 0 Å². The van der Waals surface area contributed by atoms with Gasteiger partial charge < -0.3 is 4.52 Å². The lowest BCUT2D eigenvalue weighted by Gasteiger charge is -2.14. The van der Waals surface area contributed by atoms with Crippen LogP contribution in [0.1, 0.15) is 35.0 Å². The number of carbonyl (C=O) groups is 2. The maximum atomic E-state index is 12.4. The van der Waals surface area contributed by atoms with Crippen molar-refractivity contribution in [3.8, 4) is 0 Å². The average Bonchev–Trinajstić information content (AvgIpc) is 3.02. The lowest BCUT2D eigenvalue weighted by Crippen LogP contribution is -2.33. The number of sulfonamides is 1. The first kappa shape index (κ1) is 17.2. The molecule has 2 aromatic rings. The number of fused-ring (bicyclic) bond motifs is 1. The Morgan fingerprint density at radius 1 is 1.32 bits per heavy atom. The molecule has 3 rings (SSSR count). The van der Waals surface area contributed by atoms with Gasteiger partial charge >= 0.3 is 0 Å². The summed E-state index contributed by atoms with van der Waals surface area (Å²) in [7, 11) is -3.90. The van der Waals surface area contributed by atoms with Crippen molar-refractivity contribution in [1.82, 2.24) is 9.46 Å². The Kier molecular flexibility index (Phi) is 4.34. The maximum absolute atomic E-state index is 12.4. The minimum Gasteiger partial charge on any atom is -0.338 e. The minimum atomic E-state index is -3.90. The molecule has 0 aliphatic carbocycles. The highest BCUT2D eigenvalue weighted by molar-refractivity contribution is 7.90. The van der Waals surface area contributed by atoms with Gasteiger partial charge in [-0.2, -0.15) is 0 Å². The first-order valence-electron chi connectivity index (χ1n) is 7.77. The molecule has 8 nitrogen and oxygen atoms in total. The van der Waals surface area contributed by atoms with Gasteiger partial charge in [-0.15, -0.1) is 0 Å². The largest absolute Gasteiger partial charge is 0.338 e. The molecule has 0 spiro atoms. The summed E-state index contributed by atoms with van der Waals surface area (Å²) in [5.41, 5.74) is 1.60. The van der Waals surface area contributed by atoms with Crippen LogP contribution in [0.2, 0.25) is 0 Å². The van der Waals surface area contributed by atoms with Crippen molar-refractivity contribution in [3.05, 3.63) is 41.1 Å². The first-order valence-corrected chi connectivity index (χ1v) is 9.21. The SMILES string of the molecule is CCc1noc(NC(=O)CCN2C(=O)c3ccccc3S2(=O)=O)c1C. The summed E-state index contributed by atoms with van der Waals surface area (Å²) < 4.78 is 30.6. The number of carbonyl (C=O) groups excluding carboxylic acids is 2. The molecule has 0 unspecified atom stereocenters. The third-order valence-corrected chi connectivity index (χ3v) is 5.90. The second-order valence-electron chi connectivity index (χ2n) is 5.61. The number of nitrogens with one attached hydrogen (secondary N) is 1. The van der Waals surface area contributed by atoms with E-state index in [1.165, 1.54) is 12.1 Å². The van der Waals surface area contributed by atoms with E-state index in [1.54, 1.807) is 19.1 Å². The Morgan fingerprint density at radius 2 is 2.04 bits per heavy atom. The molecule has 132 valence electrons. The fourth-order valence-corrected chi connectivity index (χ4v) is 4.23. The van der Waals surface area contributed by atoms with Crippen molar-refractivity contribution >= 4 is 27.7 Å². The number of aryl methyl sites for hydroxylation is 1. The Bertz CT molecular complexity index is 948. The van der Waals surface area contributed by atoms with E-state index in [4.69, 9.17) is 4.52 Å². The predicted molar refractivity (Wildman–Crippen MR) is 88.5 cm³/mol. The molecule has 0 fully saturated rings. The average molecular weight is 363 g/mol. The molecule has 1 N–H and O–H groups in total. The summed E-state index contributed by atoms with van der Waals surface area (Å²) in [6.07, 6.45) is 0.491. The van der Waals surface area contributed by atoms with Gasteiger partial charge in [-0.05, 0) is 25.5 Å². The molecular formula is C16H17N3O5S. The van der Waals surface area contributed by atoms with Crippen LogP contribution in [0, 0.1) is 6.92 Å². The molecule has 1 aliphatic rings. The zero-order valence-corrected chi connectivity index (χ0v) is 14.6.